The van der Waals surface area contributed by atoms with Crippen LogP contribution in [-0.2, 0) is 9.59 Å². The van der Waals surface area contributed by atoms with E-state index in [-0.39, 0.29) is 22.1 Å². The smallest absolute Gasteiger partial charge is 0.382 e. The van der Waals surface area contributed by atoms with E-state index in [1.165, 1.54) is 0 Å². The van der Waals surface area contributed by atoms with E-state index in [0.717, 1.165) is 44.1 Å². The van der Waals surface area contributed by atoms with Gasteiger partial charge >= 0.3 is 5.91 Å². The van der Waals surface area contributed by atoms with Crippen LogP contribution in [0.5, 0.6) is 0 Å². The molecule has 0 aromatic carbocycles. The lowest BCUT2D eigenvalue weighted by molar-refractivity contribution is -0.856. The van der Waals surface area contributed by atoms with E-state index in [9.17, 15) is 14.7 Å². The van der Waals surface area contributed by atoms with Crippen molar-refractivity contribution in [3.63, 3.8) is 0 Å². The molecule has 2 unspecified atom stereocenters. The van der Waals surface area contributed by atoms with E-state index in [4.69, 9.17) is 12.2 Å². The zero-order valence-electron chi connectivity index (χ0n) is 15.9. The quantitative estimate of drug-likeness (QED) is 0.425. The SMILES string of the molecule is CCC[N+]1(C(=O)C(=O)C2CCCCC2)CCC(c2cccnc2)[C@H]1C([O-])=S. The number of nitrogens with zero attached hydrogens (tertiary/aromatic N) is 2. The summed E-state index contributed by atoms with van der Waals surface area (Å²) in [6.07, 6.45) is 9.53. The Morgan fingerprint density at radius 3 is 2.59 bits per heavy atom. The number of carbonyl (C=O) groups excluding carboxylic acids is 2. The average Bonchev–Trinajstić information content (AvgIpc) is 3.09. The number of rotatable bonds is 6. The van der Waals surface area contributed by atoms with Crippen molar-refractivity contribution in [2.45, 2.75) is 63.8 Å². The summed E-state index contributed by atoms with van der Waals surface area (Å²) in [5.74, 6) is -1.01. The second kappa shape index (κ2) is 8.57. The van der Waals surface area contributed by atoms with Crippen LogP contribution in [-0.4, -0.2) is 45.3 Å². The molecule has 1 amide bonds. The molecule has 5 nitrogen and oxygen atoms in total. The molecule has 1 aromatic heterocycles. The van der Waals surface area contributed by atoms with Gasteiger partial charge in [0.15, 0.2) is 0 Å². The van der Waals surface area contributed by atoms with Crippen molar-refractivity contribution in [2.24, 2.45) is 5.92 Å². The molecule has 0 radical (unpaired) electrons. The first-order valence-electron chi connectivity index (χ1n) is 10.1. The van der Waals surface area contributed by atoms with Crippen molar-refractivity contribution < 1.29 is 19.2 Å². The van der Waals surface area contributed by atoms with Crippen LogP contribution in [0.3, 0.4) is 0 Å². The van der Waals surface area contributed by atoms with Crippen LogP contribution < -0.4 is 5.11 Å². The summed E-state index contributed by atoms with van der Waals surface area (Å²) in [5, 5.41) is 12.1. The standard InChI is InChI=1S/C21H28N2O3S/c1-2-12-23(20(25)19(24)15-7-4-3-5-8-15)13-10-17(18(23)21(26)27)16-9-6-11-22-14-16/h6,9,11,14-15,17-18H,2-5,7-8,10,12-13H2,1H3/t17?,18-,23?/m0/s1. The van der Waals surface area contributed by atoms with E-state index in [1.807, 2.05) is 19.1 Å². The molecule has 146 valence electrons. The van der Waals surface area contributed by atoms with E-state index in [0.29, 0.717) is 19.5 Å². The predicted molar refractivity (Wildman–Crippen MR) is 105 cm³/mol. The van der Waals surface area contributed by atoms with Gasteiger partial charge in [-0.3, -0.25) is 9.78 Å². The van der Waals surface area contributed by atoms with Gasteiger partial charge in [-0.15, -0.1) is 0 Å². The number of hydrogen-bond donors (Lipinski definition) is 0. The van der Waals surface area contributed by atoms with E-state index < -0.39 is 17.0 Å². The van der Waals surface area contributed by atoms with Crippen LogP contribution in [0.25, 0.3) is 0 Å². The monoisotopic (exact) mass is 388 g/mol. The van der Waals surface area contributed by atoms with Gasteiger partial charge in [-0.2, -0.15) is 0 Å². The molecule has 6 heteroatoms. The van der Waals surface area contributed by atoms with Gasteiger partial charge in [0, 0.05) is 30.7 Å². The molecular formula is C21H28N2O3S. The van der Waals surface area contributed by atoms with Crippen LogP contribution in [0.4, 0.5) is 0 Å². The van der Waals surface area contributed by atoms with Gasteiger partial charge in [0.1, 0.15) is 6.04 Å². The number of thiocarbonyl (C=S) groups is 1. The van der Waals surface area contributed by atoms with Crippen LogP contribution in [0.15, 0.2) is 24.5 Å². The number of hydrogen-bond acceptors (Lipinski definition) is 5. The Labute approximate surface area is 166 Å². The third-order valence-corrected chi connectivity index (χ3v) is 6.56. The zero-order chi connectivity index (χ0) is 19.4. The molecule has 1 saturated heterocycles. The number of likely N-dealkylation sites (tertiary alicyclic amines) is 1. The fourth-order valence-electron chi connectivity index (χ4n) is 5.06. The average molecular weight is 389 g/mol. The van der Waals surface area contributed by atoms with Crippen molar-refractivity contribution in [2.75, 3.05) is 13.1 Å². The predicted octanol–water partition coefficient (Wildman–Crippen LogP) is 2.53. The van der Waals surface area contributed by atoms with Gasteiger partial charge in [0.05, 0.1) is 13.1 Å². The molecule has 2 heterocycles. The molecule has 0 N–H and O–H groups in total. The highest BCUT2D eigenvalue weighted by molar-refractivity contribution is 7.80. The van der Waals surface area contributed by atoms with Crippen LogP contribution in [0.1, 0.15) is 63.4 Å². The van der Waals surface area contributed by atoms with Crippen molar-refractivity contribution in [3.05, 3.63) is 30.1 Å². The number of pyridine rings is 1. The van der Waals surface area contributed by atoms with Crippen LogP contribution in [0.2, 0.25) is 0 Å². The van der Waals surface area contributed by atoms with Gasteiger partial charge in [0.2, 0.25) is 0 Å². The molecule has 1 aliphatic carbocycles. The summed E-state index contributed by atoms with van der Waals surface area (Å²) in [6.45, 7) is 2.97. The number of Topliss-reactive ketones (excluding diaryl/α,β-unsaturated/α-hetero) is 1. The maximum Gasteiger partial charge on any atom is 0.382 e. The highest BCUT2D eigenvalue weighted by atomic mass is 32.1. The van der Waals surface area contributed by atoms with Gasteiger partial charge in [-0.1, -0.05) is 44.5 Å². The maximum atomic E-state index is 13.5. The largest absolute Gasteiger partial charge is 0.863 e. The van der Waals surface area contributed by atoms with Crippen molar-refractivity contribution >= 4 is 29.0 Å². The first-order valence-corrected chi connectivity index (χ1v) is 10.5. The summed E-state index contributed by atoms with van der Waals surface area (Å²) >= 11 is 5.10. The summed E-state index contributed by atoms with van der Waals surface area (Å²) in [4.78, 5) is 30.7. The Morgan fingerprint density at radius 1 is 1.26 bits per heavy atom. The molecule has 1 saturated carbocycles. The van der Waals surface area contributed by atoms with Gasteiger partial charge in [-0.05, 0) is 35.9 Å². The lowest BCUT2D eigenvalue weighted by atomic mass is 9.85. The molecule has 0 spiro atoms. The Balaban J connectivity index is 1.95. The first-order chi connectivity index (χ1) is 13.0. The maximum absolute atomic E-state index is 13.5. The van der Waals surface area contributed by atoms with Crippen molar-refractivity contribution in [1.82, 2.24) is 4.98 Å². The third-order valence-electron chi connectivity index (χ3n) is 6.32. The molecule has 3 rings (SSSR count). The zero-order valence-corrected chi connectivity index (χ0v) is 16.7. The molecule has 27 heavy (non-hydrogen) atoms. The number of carbonyl (C=O) groups is 2. The molecule has 1 aromatic rings. The lowest BCUT2D eigenvalue weighted by Crippen LogP contribution is -2.64. The second-order valence-electron chi connectivity index (χ2n) is 7.93. The normalized spacial score (nSPS) is 28.8. The minimum Gasteiger partial charge on any atom is -0.863 e. The molecule has 2 aliphatic rings. The summed E-state index contributed by atoms with van der Waals surface area (Å²) in [5.41, 5.74) is 0.926. The summed E-state index contributed by atoms with van der Waals surface area (Å²) < 4.78 is -0.0896. The fraction of sp³-hybridized carbons (Fsp3) is 0.619. The molecule has 3 atom stereocenters. The number of ketones is 1. The number of quaternary nitrogens is 1. The van der Waals surface area contributed by atoms with Gasteiger partial charge < -0.3 is 5.11 Å². The highest BCUT2D eigenvalue weighted by Gasteiger charge is 2.55. The minimum atomic E-state index is -0.663. The highest BCUT2D eigenvalue weighted by Crippen LogP contribution is 2.40. The summed E-state index contributed by atoms with van der Waals surface area (Å²) in [6, 6.07) is 3.11. The molecular weight excluding hydrogens is 360 g/mol. The molecule has 0 bridgehead atoms. The topological polar surface area (TPSA) is 70.1 Å². The van der Waals surface area contributed by atoms with E-state index >= 15 is 0 Å². The van der Waals surface area contributed by atoms with Gasteiger partial charge in [-0.25, -0.2) is 9.28 Å². The summed E-state index contributed by atoms with van der Waals surface area (Å²) in [7, 11) is 0. The van der Waals surface area contributed by atoms with E-state index in [2.05, 4.69) is 4.98 Å². The Kier molecular flexibility index (Phi) is 6.37. The van der Waals surface area contributed by atoms with Crippen molar-refractivity contribution in [3.8, 4) is 0 Å². The number of amides is 1. The number of aromatic nitrogens is 1. The second-order valence-corrected chi connectivity index (χ2v) is 8.33. The Bertz CT molecular complexity index is 703. The Hall–Kier alpha value is -1.66. The van der Waals surface area contributed by atoms with E-state index in [1.54, 1.807) is 12.4 Å². The molecule has 2 fully saturated rings. The van der Waals surface area contributed by atoms with Crippen molar-refractivity contribution in [1.29, 1.82) is 0 Å². The van der Waals surface area contributed by atoms with Gasteiger partial charge in [0.25, 0.3) is 5.78 Å². The Morgan fingerprint density at radius 2 is 2.00 bits per heavy atom. The fourth-order valence-corrected chi connectivity index (χ4v) is 5.43. The van der Waals surface area contributed by atoms with Crippen LogP contribution >= 0.6 is 12.2 Å². The molecule has 1 aliphatic heterocycles. The van der Waals surface area contributed by atoms with Crippen LogP contribution in [0, 0.1) is 5.92 Å². The minimum absolute atomic E-state index is 0.0896. The first kappa shape index (κ1) is 20.1. The third kappa shape index (κ3) is 3.83. The lowest BCUT2D eigenvalue weighted by Gasteiger charge is -2.41.